The lowest BCUT2D eigenvalue weighted by Gasteiger charge is -2.32. The van der Waals surface area contributed by atoms with Crippen molar-refractivity contribution < 1.29 is 8.42 Å². The lowest BCUT2D eigenvalue weighted by atomic mass is 9.99. The van der Waals surface area contributed by atoms with Gasteiger partial charge in [0.2, 0.25) is 10.0 Å². The Balaban J connectivity index is 1.62. The van der Waals surface area contributed by atoms with Crippen LogP contribution in [0.15, 0.2) is 35.2 Å². The highest BCUT2D eigenvalue weighted by atomic mass is 32.2. The van der Waals surface area contributed by atoms with E-state index in [4.69, 9.17) is 4.98 Å². The minimum atomic E-state index is -3.44. The van der Waals surface area contributed by atoms with Crippen LogP contribution >= 0.6 is 0 Å². The lowest BCUT2D eigenvalue weighted by molar-refractivity contribution is 0.268. The summed E-state index contributed by atoms with van der Waals surface area (Å²) in [5, 5.41) is 0.884. The van der Waals surface area contributed by atoms with Gasteiger partial charge in [0, 0.05) is 31.1 Å². The van der Waals surface area contributed by atoms with E-state index in [0.717, 1.165) is 55.0 Å². The molecule has 1 atom stereocenters. The molecule has 4 rings (SSSR count). The predicted molar refractivity (Wildman–Crippen MR) is 110 cm³/mol. The van der Waals surface area contributed by atoms with Gasteiger partial charge in [-0.3, -0.25) is 0 Å². The Morgan fingerprint density at radius 1 is 0.963 bits per heavy atom. The van der Waals surface area contributed by atoms with E-state index in [1.165, 1.54) is 12.8 Å². The number of sulfonamides is 1. The number of rotatable bonds is 3. The molecule has 146 valence electrons. The second-order valence-electron chi connectivity index (χ2n) is 8.15. The van der Waals surface area contributed by atoms with Crippen molar-refractivity contribution in [2.24, 2.45) is 5.92 Å². The standard InChI is InChI=1S/C21H29N3O2S/c1-16-10-13-23(14-11-16)21-9-6-18-15-19(7-8-20(18)22-21)27(25,26)24-12-4-3-5-17(24)2/h6-9,15-17H,3-5,10-14H2,1-2H3/t17-/m1/s1. The van der Waals surface area contributed by atoms with Gasteiger partial charge >= 0.3 is 0 Å². The summed E-state index contributed by atoms with van der Waals surface area (Å²) in [6.45, 7) is 7.01. The highest BCUT2D eigenvalue weighted by Gasteiger charge is 2.31. The molecule has 2 aliphatic heterocycles. The molecule has 5 nitrogen and oxygen atoms in total. The molecule has 0 radical (unpaired) electrons. The number of anilines is 1. The minimum absolute atomic E-state index is 0.0708. The van der Waals surface area contributed by atoms with Crippen molar-refractivity contribution in [2.45, 2.75) is 56.9 Å². The van der Waals surface area contributed by atoms with Crippen molar-refractivity contribution in [3.05, 3.63) is 30.3 Å². The molecule has 0 amide bonds. The highest BCUT2D eigenvalue weighted by molar-refractivity contribution is 7.89. The number of pyridine rings is 1. The van der Waals surface area contributed by atoms with Crippen LogP contribution in [0.4, 0.5) is 5.82 Å². The first-order chi connectivity index (χ1) is 12.9. The lowest BCUT2D eigenvalue weighted by Crippen LogP contribution is -2.41. The molecule has 2 fully saturated rings. The molecule has 1 aromatic heterocycles. The Hall–Kier alpha value is -1.66. The molecular weight excluding hydrogens is 358 g/mol. The van der Waals surface area contributed by atoms with Crippen LogP contribution in [-0.2, 0) is 10.0 Å². The third-order valence-corrected chi connectivity index (χ3v) is 8.11. The van der Waals surface area contributed by atoms with Crippen molar-refractivity contribution >= 4 is 26.7 Å². The molecular formula is C21H29N3O2S. The van der Waals surface area contributed by atoms with Crippen LogP contribution in [0.3, 0.4) is 0 Å². The van der Waals surface area contributed by atoms with Crippen LogP contribution in [0.2, 0.25) is 0 Å². The van der Waals surface area contributed by atoms with Crippen molar-refractivity contribution in [3.8, 4) is 0 Å². The average Bonchev–Trinajstić information content (AvgIpc) is 2.68. The normalized spacial score (nSPS) is 23.0. The van der Waals surface area contributed by atoms with Gasteiger partial charge in [0.1, 0.15) is 5.82 Å². The van der Waals surface area contributed by atoms with Crippen molar-refractivity contribution in [3.63, 3.8) is 0 Å². The second kappa shape index (κ2) is 7.40. The van der Waals surface area contributed by atoms with E-state index in [-0.39, 0.29) is 6.04 Å². The number of fused-ring (bicyclic) bond motifs is 1. The number of piperidine rings is 2. The number of aromatic nitrogens is 1. The van der Waals surface area contributed by atoms with Gasteiger partial charge in [-0.05, 0) is 68.9 Å². The van der Waals surface area contributed by atoms with E-state index in [0.29, 0.717) is 11.4 Å². The van der Waals surface area contributed by atoms with Crippen LogP contribution in [0, 0.1) is 5.92 Å². The molecule has 0 N–H and O–H groups in total. The Morgan fingerprint density at radius 3 is 2.48 bits per heavy atom. The topological polar surface area (TPSA) is 53.5 Å². The third-order valence-electron chi connectivity index (χ3n) is 6.10. The molecule has 0 spiro atoms. The smallest absolute Gasteiger partial charge is 0.243 e. The summed E-state index contributed by atoms with van der Waals surface area (Å²) in [4.78, 5) is 7.50. The zero-order chi connectivity index (χ0) is 19.0. The summed E-state index contributed by atoms with van der Waals surface area (Å²) in [6, 6.07) is 9.45. The largest absolute Gasteiger partial charge is 0.357 e. The van der Waals surface area contributed by atoms with Gasteiger partial charge in [-0.1, -0.05) is 13.3 Å². The SMILES string of the molecule is CC1CCN(c2ccc3cc(S(=O)(=O)N4CCCC[C@H]4C)ccc3n2)CC1. The molecule has 2 aliphatic rings. The fraction of sp³-hybridized carbons (Fsp3) is 0.571. The van der Waals surface area contributed by atoms with Gasteiger partial charge in [-0.2, -0.15) is 4.31 Å². The maximum Gasteiger partial charge on any atom is 0.243 e. The van der Waals surface area contributed by atoms with Crippen LogP contribution in [0.1, 0.15) is 46.0 Å². The van der Waals surface area contributed by atoms with Gasteiger partial charge in [-0.25, -0.2) is 13.4 Å². The zero-order valence-corrected chi connectivity index (χ0v) is 17.1. The van der Waals surface area contributed by atoms with E-state index in [1.807, 2.05) is 25.1 Å². The molecule has 0 saturated carbocycles. The Morgan fingerprint density at radius 2 is 1.74 bits per heavy atom. The Kier molecular flexibility index (Phi) is 5.12. The van der Waals surface area contributed by atoms with Crippen LogP contribution in [0.5, 0.6) is 0 Å². The summed E-state index contributed by atoms with van der Waals surface area (Å²) in [7, 11) is -3.44. The third kappa shape index (κ3) is 3.69. The molecule has 0 unspecified atom stereocenters. The summed E-state index contributed by atoms with van der Waals surface area (Å²) in [6.07, 6.45) is 5.38. The summed E-state index contributed by atoms with van der Waals surface area (Å²) >= 11 is 0. The Bertz CT molecular complexity index is 920. The monoisotopic (exact) mass is 387 g/mol. The molecule has 6 heteroatoms. The molecule has 2 saturated heterocycles. The van der Waals surface area contributed by atoms with E-state index < -0.39 is 10.0 Å². The summed E-state index contributed by atoms with van der Waals surface area (Å²) in [5.74, 6) is 1.78. The maximum absolute atomic E-state index is 13.1. The van der Waals surface area contributed by atoms with Crippen molar-refractivity contribution in [1.29, 1.82) is 0 Å². The number of hydrogen-bond donors (Lipinski definition) is 0. The van der Waals surface area contributed by atoms with Gasteiger partial charge in [0.15, 0.2) is 0 Å². The molecule has 0 aliphatic carbocycles. The van der Waals surface area contributed by atoms with Crippen molar-refractivity contribution in [2.75, 3.05) is 24.5 Å². The predicted octanol–water partition coefficient (Wildman–Crippen LogP) is 4.03. The first-order valence-electron chi connectivity index (χ1n) is 10.1. The number of nitrogens with zero attached hydrogens (tertiary/aromatic N) is 3. The second-order valence-corrected chi connectivity index (χ2v) is 10.0. The molecule has 3 heterocycles. The summed E-state index contributed by atoms with van der Waals surface area (Å²) in [5.41, 5.74) is 0.858. The molecule has 27 heavy (non-hydrogen) atoms. The maximum atomic E-state index is 13.1. The zero-order valence-electron chi connectivity index (χ0n) is 16.3. The fourth-order valence-corrected chi connectivity index (χ4v) is 5.97. The molecule has 0 bridgehead atoms. The van der Waals surface area contributed by atoms with Gasteiger partial charge in [0.25, 0.3) is 0 Å². The minimum Gasteiger partial charge on any atom is -0.357 e. The van der Waals surface area contributed by atoms with Crippen molar-refractivity contribution in [1.82, 2.24) is 9.29 Å². The van der Waals surface area contributed by atoms with E-state index >= 15 is 0 Å². The van der Waals surface area contributed by atoms with Gasteiger partial charge < -0.3 is 4.90 Å². The van der Waals surface area contributed by atoms with Crippen LogP contribution < -0.4 is 4.90 Å². The fourth-order valence-electron chi connectivity index (χ4n) is 4.23. The summed E-state index contributed by atoms with van der Waals surface area (Å²) < 4.78 is 27.8. The van der Waals surface area contributed by atoms with E-state index in [1.54, 1.807) is 16.4 Å². The van der Waals surface area contributed by atoms with Gasteiger partial charge in [0.05, 0.1) is 10.4 Å². The number of benzene rings is 1. The Labute approximate surface area is 162 Å². The number of hydrogen-bond acceptors (Lipinski definition) is 4. The molecule has 1 aromatic carbocycles. The molecule has 2 aromatic rings. The van der Waals surface area contributed by atoms with Crippen LogP contribution in [-0.4, -0.2) is 43.4 Å². The quantitative estimate of drug-likeness (QED) is 0.798. The van der Waals surface area contributed by atoms with Crippen LogP contribution in [0.25, 0.3) is 10.9 Å². The average molecular weight is 388 g/mol. The first kappa shape index (κ1) is 18.7. The van der Waals surface area contributed by atoms with Gasteiger partial charge in [-0.15, -0.1) is 0 Å². The highest BCUT2D eigenvalue weighted by Crippen LogP contribution is 2.28. The van der Waals surface area contributed by atoms with E-state index in [2.05, 4.69) is 11.8 Å². The first-order valence-corrected chi connectivity index (χ1v) is 11.6. The van der Waals surface area contributed by atoms with E-state index in [9.17, 15) is 8.42 Å².